The van der Waals surface area contributed by atoms with E-state index in [1.54, 1.807) is 0 Å². The smallest absolute Gasteiger partial charge is 0.255 e. The van der Waals surface area contributed by atoms with Crippen LogP contribution in [0.5, 0.6) is 0 Å². The Kier molecular flexibility index (Phi) is 4.40. The lowest BCUT2D eigenvalue weighted by atomic mass is 9.92. The van der Waals surface area contributed by atoms with Gasteiger partial charge in [0.05, 0.1) is 5.56 Å². The number of hydrogen-bond acceptors (Lipinski definition) is 3. The van der Waals surface area contributed by atoms with Gasteiger partial charge in [0.2, 0.25) is 5.91 Å². The number of carbonyl (C=O) groups is 2. The van der Waals surface area contributed by atoms with Crippen LogP contribution in [0.25, 0.3) is 0 Å². The molecule has 1 aromatic rings. The van der Waals surface area contributed by atoms with E-state index in [2.05, 4.69) is 10.6 Å². The minimum absolute atomic E-state index is 0.0182. The van der Waals surface area contributed by atoms with Crippen molar-refractivity contribution in [1.82, 2.24) is 10.2 Å². The molecule has 1 aliphatic carbocycles. The summed E-state index contributed by atoms with van der Waals surface area (Å²) in [6.07, 6.45) is 8.49. The molecule has 0 aromatic heterocycles. The van der Waals surface area contributed by atoms with Crippen molar-refractivity contribution in [3.63, 3.8) is 0 Å². The maximum atomic E-state index is 12.5. The standard InChI is InChI=1S/C20H27N3O2/c24-18(10-9-15-5-1-2-6-15)23-13-11-20(12-14-23)21-17-8-4-3-7-16(17)19(25)22-20/h3-4,7-8,15,21H,1-2,5-6,9-14H2,(H,22,25). The zero-order chi connectivity index (χ0) is 17.3. The lowest BCUT2D eigenvalue weighted by Gasteiger charge is -2.46. The molecule has 0 bridgehead atoms. The Balaban J connectivity index is 1.33. The number of piperidine rings is 1. The molecule has 2 aliphatic heterocycles. The lowest BCUT2D eigenvalue weighted by molar-refractivity contribution is -0.133. The molecule has 2 fully saturated rings. The van der Waals surface area contributed by atoms with Crippen molar-refractivity contribution in [1.29, 1.82) is 0 Å². The summed E-state index contributed by atoms with van der Waals surface area (Å²) in [4.78, 5) is 26.9. The second-order valence-corrected chi connectivity index (χ2v) is 7.78. The van der Waals surface area contributed by atoms with Gasteiger partial charge in [-0.15, -0.1) is 0 Å². The molecule has 0 atom stereocenters. The summed E-state index contributed by atoms with van der Waals surface area (Å²) >= 11 is 0. The van der Waals surface area contributed by atoms with Crippen molar-refractivity contribution >= 4 is 17.5 Å². The van der Waals surface area contributed by atoms with Crippen LogP contribution in [-0.4, -0.2) is 35.5 Å². The Morgan fingerprint density at radius 1 is 1.12 bits per heavy atom. The van der Waals surface area contributed by atoms with Gasteiger partial charge in [-0.1, -0.05) is 37.8 Å². The van der Waals surface area contributed by atoms with Gasteiger partial charge in [0.15, 0.2) is 0 Å². The summed E-state index contributed by atoms with van der Waals surface area (Å²) in [6, 6.07) is 7.62. The monoisotopic (exact) mass is 341 g/mol. The highest BCUT2D eigenvalue weighted by atomic mass is 16.2. The molecular formula is C20H27N3O2. The zero-order valence-electron chi connectivity index (χ0n) is 14.7. The molecule has 0 radical (unpaired) electrons. The number of rotatable bonds is 3. The number of benzene rings is 1. The number of amides is 2. The van der Waals surface area contributed by atoms with E-state index >= 15 is 0 Å². The molecule has 1 spiro atoms. The van der Waals surface area contributed by atoms with E-state index in [0.29, 0.717) is 25.1 Å². The van der Waals surface area contributed by atoms with Gasteiger partial charge in [-0.2, -0.15) is 0 Å². The first-order valence-electron chi connectivity index (χ1n) is 9.63. The van der Waals surface area contributed by atoms with Gasteiger partial charge in [0, 0.05) is 38.0 Å². The highest BCUT2D eigenvalue weighted by Gasteiger charge is 2.40. The van der Waals surface area contributed by atoms with E-state index < -0.39 is 5.66 Å². The van der Waals surface area contributed by atoms with Gasteiger partial charge in [-0.3, -0.25) is 9.59 Å². The average Bonchev–Trinajstić information content (AvgIpc) is 3.14. The van der Waals surface area contributed by atoms with Gasteiger partial charge in [0.25, 0.3) is 5.91 Å². The Labute approximate surface area is 149 Å². The Morgan fingerprint density at radius 2 is 1.84 bits per heavy atom. The van der Waals surface area contributed by atoms with Crippen LogP contribution < -0.4 is 10.6 Å². The molecule has 4 rings (SSSR count). The average molecular weight is 341 g/mol. The SMILES string of the molecule is O=C1NC2(CCN(C(=O)CCC3CCCC3)CC2)Nc2ccccc21. The number of carbonyl (C=O) groups excluding carboxylic acids is 2. The van der Waals surface area contributed by atoms with E-state index in [4.69, 9.17) is 0 Å². The van der Waals surface area contributed by atoms with Crippen LogP contribution in [0.4, 0.5) is 5.69 Å². The zero-order valence-corrected chi connectivity index (χ0v) is 14.7. The summed E-state index contributed by atoms with van der Waals surface area (Å²) in [6.45, 7) is 1.41. The number of likely N-dealkylation sites (tertiary alicyclic amines) is 1. The Bertz CT molecular complexity index is 659. The lowest BCUT2D eigenvalue weighted by Crippen LogP contribution is -2.62. The van der Waals surface area contributed by atoms with Crippen molar-refractivity contribution in [3.05, 3.63) is 29.8 Å². The van der Waals surface area contributed by atoms with Gasteiger partial charge in [-0.25, -0.2) is 0 Å². The molecule has 2 N–H and O–H groups in total. The summed E-state index contributed by atoms with van der Waals surface area (Å²) in [7, 11) is 0. The van der Waals surface area contributed by atoms with E-state index in [1.165, 1.54) is 25.7 Å². The molecule has 2 amide bonds. The molecule has 3 aliphatic rings. The van der Waals surface area contributed by atoms with E-state index in [9.17, 15) is 9.59 Å². The largest absolute Gasteiger partial charge is 0.362 e. The first-order valence-corrected chi connectivity index (χ1v) is 9.63. The first-order chi connectivity index (χ1) is 12.2. The Hall–Kier alpha value is -2.04. The molecule has 2 heterocycles. The molecule has 0 unspecified atom stereocenters. The van der Waals surface area contributed by atoms with E-state index in [0.717, 1.165) is 30.9 Å². The van der Waals surface area contributed by atoms with Gasteiger partial charge >= 0.3 is 0 Å². The number of fused-ring (bicyclic) bond motifs is 1. The van der Waals surface area contributed by atoms with Crippen molar-refractivity contribution in [2.45, 2.75) is 57.0 Å². The number of nitrogens with zero attached hydrogens (tertiary/aromatic N) is 1. The number of hydrogen-bond donors (Lipinski definition) is 2. The fourth-order valence-electron chi connectivity index (χ4n) is 4.54. The molecule has 134 valence electrons. The molecule has 1 saturated carbocycles. The third kappa shape index (κ3) is 3.37. The third-order valence-corrected chi connectivity index (χ3v) is 6.11. The van der Waals surface area contributed by atoms with Crippen molar-refractivity contribution in [2.75, 3.05) is 18.4 Å². The Morgan fingerprint density at radius 3 is 2.60 bits per heavy atom. The minimum atomic E-state index is -0.409. The summed E-state index contributed by atoms with van der Waals surface area (Å²) in [5.74, 6) is 1.02. The minimum Gasteiger partial charge on any atom is -0.362 e. The van der Waals surface area contributed by atoms with Crippen LogP contribution in [-0.2, 0) is 4.79 Å². The maximum absolute atomic E-state index is 12.5. The van der Waals surface area contributed by atoms with E-state index in [1.807, 2.05) is 29.2 Å². The third-order valence-electron chi connectivity index (χ3n) is 6.11. The summed E-state index contributed by atoms with van der Waals surface area (Å²) < 4.78 is 0. The fraction of sp³-hybridized carbons (Fsp3) is 0.600. The predicted molar refractivity (Wildman–Crippen MR) is 97.3 cm³/mol. The number of anilines is 1. The highest BCUT2D eigenvalue weighted by molar-refractivity contribution is 6.02. The highest BCUT2D eigenvalue weighted by Crippen LogP contribution is 2.32. The number of para-hydroxylation sites is 1. The molecular weight excluding hydrogens is 314 g/mol. The van der Waals surface area contributed by atoms with Gasteiger partial charge < -0.3 is 15.5 Å². The van der Waals surface area contributed by atoms with Gasteiger partial charge in [0.1, 0.15) is 5.66 Å². The van der Waals surface area contributed by atoms with E-state index in [-0.39, 0.29) is 11.8 Å². The van der Waals surface area contributed by atoms with Crippen molar-refractivity contribution < 1.29 is 9.59 Å². The summed E-state index contributed by atoms with van der Waals surface area (Å²) in [5.41, 5.74) is 1.18. The first kappa shape index (κ1) is 16.4. The maximum Gasteiger partial charge on any atom is 0.255 e. The molecule has 25 heavy (non-hydrogen) atoms. The molecule has 5 heteroatoms. The summed E-state index contributed by atoms with van der Waals surface area (Å²) in [5, 5.41) is 6.65. The van der Waals surface area contributed by atoms with Crippen LogP contribution in [0.15, 0.2) is 24.3 Å². The van der Waals surface area contributed by atoms with Crippen LogP contribution in [0.2, 0.25) is 0 Å². The topological polar surface area (TPSA) is 61.4 Å². The second-order valence-electron chi connectivity index (χ2n) is 7.78. The second kappa shape index (κ2) is 6.70. The van der Waals surface area contributed by atoms with Crippen LogP contribution in [0.1, 0.15) is 61.7 Å². The van der Waals surface area contributed by atoms with Crippen LogP contribution >= 0.6 is 0 Å². The normalized spacial score (nSPS) is 22.4. The molecule has 5 nitrogen and oxygen atoms in total. The van der Waals surface area contributed by atoms with Crippen LogP contribution in [0.3, 0.4) is 0 Å². The number of nitrogens with one attached hydrogen (secondary N) is 2. The van der Waals surface area contributed by atoms with Crippen LogP contribution in [0, 0.1) is 5.92 Å². The fourth-order valence-corrected chi connectivity index (χ4v) is 4.54. The van der Waals surface area contributed by atoms with Crippen molar-refractivity contribution in [3.8, 4) is 0 Å². The van der Waals surface area contributed by atoms with Gasteiger partial charge in [-0.05, 0) is 24.5 Å². The predicted octanol–water partition coefficient (Wildman–Crippen LogP) is 3.13. The quantitative estimate of drug-likeness (QED) is 0.888. The van der Waals surface area contributed by atoms with Crippen molar-refractivity contribution in [2.24, 2.45) is 5.92 Å². The molecule has 1 saturated heterocycles. The molecule has 1 aromatic carbocycles.